The number of anilines is 1. The van der Waals surface area contributed by atoms with Crippen LogP contribution < -0.4 is 5.32 Å². The Labute approximate surface area is 161 Å². The first-order valence-electron chi connectivity index (χ1n) is 8.14. The van der Waals surface area contributed by atoms with Crippen molar-refractivity contribution in [3.05, 3.63) is 83.4 Å². The quantitative estimate of drug-likeness (QED) is 0.637. The number of para-hydroxylation sites is 1. The van der Waals surface area contributed by atoms with Crippen molar-refractivity contribution >= 4 is 29.2 Å². The maximum Gasteiger partial charge on any atom is 0.342 e. The predicted octanol–water partition coefficient (Wildman–Crippen LogP) is 4.51. The highest BCUT2D eigenvalue weighted by Crippen LogP contribution is 2.27. The molecule has 0 aromatic heterocycles. The molecule has 3 rings (SSSR count). The van der Waals surface area contributed by atoms with E-state index in [0.29, 0.717) is 5.69 Å². The summed E-state index contributed by atoms with van der Waals surface area (Å²) in [6.45, 7) is -0.492. The number of phenolic OH excluding ortho intramolecular Hbond substituents is 1. The lowest BCUT2D eigenvalue weighted by Crippen LogP contribution is -2.21. The zero-order chi connectivity index (χ0) is 19.2. The van der Waals surface area contributed by atoms with Gasteiger partial charge in [0.25, 0.3) is 5.91 Å². The van der Waals surface area contributed by atoms with Crippen LogP contribution in [0.4, 0.5) is 5.69 Å². The number of halogens is 1. The molecular weight excluding hydrogens is 366 g/mol. The van der Waals surface area contributed by atoms with Gasteiger partial charge in [0.05, 0.1) is 0 Å². The van der Waals surface area contributed by atoms with Gasteiger partial charge >= 0.3 is 5.97 Å². The number of carbonyl (C=O) groups excluding carboxylic acids is 2. The van der Waals surface area contributed by atoms with Gasteiger partial charge in [0.15, 0.2) is 6.61 Å². The largest absolute Gasteiger partial charge is 0.507 e. The molecule has 0 aliphatic heterocycles. The fourth-order valence-corrected chi connectivity index (χ4v) is 2.70. The van der Waals surface area contributed by atoms with Crippen molar-refractivity contribution in [2.45, 2.75) is 0 Å². The van der Waals surface area contributed by atoms with Crippen molar-refractivity contribution in [1.29, 1.82) is 0 Å². The number of hydrogen-bond acceptors (Lipinski definition) is 4. The number of amides is 1. The standard InChI is InChI=1S/C21H16ClNO4/c22-15-10-11-19(24)17(12-15)21(26)27-13-20(25)23-18-9-5-4-8-16(18)14-6-2-1-3-7-14/h1-12,24H,13H2,(H,23,25). The van der Waals surface area contributed by atoms with Crippen molar-refractivity contribution in [3.8, 4) is 16.9 Å². The molecule has 0 saturated carbocycles. The van der Waals surface area contributed by atoms with Crippen LogP contribution in [-0.4, -0.2) is 23.6 Å². The molecular formula is C21H16ClNO4. The molecule has 0 radical (unpaired) electrons. The van der Waals surface area contributed by atoms with E-state index >= 15 is 0 Å². The highest BCUT2D eigenvalue weighted by molar-refractivity contribution is 6.31. The van der Waals surface area contributed by atoms with Crippen LogP contribution >= 0.6 is 11.6 Å². The zero-order valence-corrected chi connectivity index (χ0v) is 14.9. The molecule has 0 aliphatic carbocycles. The van der Waals surface area contributed by atoms with Crippen molar-refractivity contribution in [3.63, 3.8) is 0 Å². The fraction of sp³-hybridized carbons (Fsp3) is 0.0476. The van der Waals surface area contributed by atoms with Gasteiger partial charge in [-0.05, 0) is 29.8 Å². The minimum absolute atomic E-state index is 0.0972. The second-order valence-electron chi connectivity index (χ2n) is 5.70. The Hall–Kier alpha value is -3.31. The summed E-state index contributed by atoms with van der Waals surface area (Å²) in [6.07, 6.45) is 0. The third kappa shape index (κ3) is 4.65. The van der Waals surface area contributed by atoms with E-state index in [9.17, 15) is 14.7 Å². The molecule has 0 spiro atoms. The summed E-state index contributed by atoms with van der Waals surface area (Å²) < 4.78 is 4.97. The summed E-state index contributed by atoms with van der Waals surface area (Å²) in [7, 11) is 0. The molecule has 6 heteroatoms. The van der Waals surface area contributed by atoms with Gasteiger partial charge in [-0.2, -0.15) is 0 Å². The lowest BCUT2D eigenvalue weighted by Gasteiger charge is -2.12. The molecule has 0 heterocycles. The predicted molar refractivity (Wildman–Crippen MR) is 104 cm³/mol. The molecule has 0 atom stereocenters. The van der Waals surface area contributed by atoms with E-state index in [2.05, 4.69) is 5.32 Å². The Kier molecular flexibility index (Phi) is 5.74. The van der Waals surface area contributed by atoms with Gasteiger partial charge in [-0.3, -0.25) is 4.79 Å². The van der Waals surface area contributed by atoms with Crippen LogP contribution in [0.5, 0.6) is 5.75 Å². The van der Waals surface area contributed by atoms with E-state index in [4.69, 9.17) is 16.3 Å². The van der Waals surface area contributed by atoms with E-state index < -0.39 is 18.5 Å². The normalized spacial score (nSPS) is 10.3. The van der Waals surface area contributed by atoms with E-state index in [0.717, 1.165) is 11.1 Å². The monoisotopic (exact) mass is 381 g/mol. The molecule has 2 N–H and O–H groups in total. The first-order chi connectivity index (χ1) is 13.0. The Bertz CT molecular complexity index is 973. The molecule has 3 aromatic carbocycles. The smallest absolute Gasteiger partial charge is 0.342 e. The molecule has 27 heavy (non-hydrogen) atoms. The number of phenols is 1. The summed E-state index contributed by atoms with van der Waals surface area (Å²) in [4.78, 5) is 24.2. The lowest BCUT2D eigenvalue weighted by molar-refractivity contribution is -0.119. The second kappa shape index (κ2) is 8.38. The summed E-state index contributed by atoms with van der Waals surface area (Å²) in [5, 5.41) is 12.7. The van der Waals surface area contributed by atoms with Crippen molar-refractivity contribution < 1.29 is 19.4 Å². The van der Waals surface area contributed by atoms with Gasteiger partial charge in [-0.15, -0.1) is 0 Å². The summed E-state index contributed by atoms with van der Waals surface area (Å²) in [6, 6.07) is 21.0. The second-order valence-corrected chi connectivity index (χ2v) is 6.13. The average molecular weight is 382 g/mol. The fourth-order valence-electron chi connectivity index (χ4n) is 2.53. The van der Waals surface area contributed by atoms with E-state index in [-0.39, 0.29) is 16.3 Å². The minimum atomic E-state index is -0.832. The molecule has 136 valence electrons. The number of nitrogens with one attached hydrogen (secondary N) is 1. The third-order valence-corrected chi connectivity index (χ3v) is 4.03. The number of carbonyl (C=O) groups is 2. The van der Waals surface area contributed by atoms with Crippen LogP contribution in [0.25, 0.3) is 11.1 Å². The number of esters is 1. The molecule has 0 fully saturated rings. The average Bonchev–Trinajstić information content (AvgIpc) is 2.69. The first kappa shape index (κ1) is 18.5. The Morgan fingerprint density at radius 1 is 0.963 bits per heavy atom. The molecule has 0 unspecified atom stereocenters. The third-order valence-electron chi connectivity index (χ3n) is 3.80. The first-order valence-corrected chi connectivity index (χ1v) is 8.52. The Morgan fingerprint density at radius 2 is 1.67 bits per heavy atom. The zero-order valence-electron chi connectivity index (χ0n) is 14.2. The van der Waals surface area contributed by atoms with Crippen molar-refractivity contribution in [1.82, 2.24) is 0 Å². The highest BCUT2D eigenvalue weighted by atomic mass is 35.5. The van der Waals surface area contributed by atoms with E-state index in [1.165, 1.54) is 18.2 Å². The van der Waals surface area contributed by atoms with Crippen LogP contribution in [0.1, 0.15) is 10.4 Å². The minimum Gasteiger partial charge on any atom is -0.507 e. The molecule has 1 amide bonds. The SMILES string of the molecule is O=C(COC(=O)c1cc(Cl)ccc1O)Nc1ccccc1-c1ccccc1. The van der Waals surface area contributed by atoms with Crippen LogP contribution in [-0.2, 0) is 9.53 Å². The summed E-state index contributed by atoms with van der Waals surface area (Å²) in [5.74, 6) is -1.59. The van der Waals surface area contributed by atoms with E-state index in [1.807, 2.05) is 42.5 Å². The highest BCUT2D eigenvalue weighted by Gasteiger charge is 2.16. The molecule has 0 aliphatic rings. The Balaban J connectivity index is 1.67. The van der Waals surface area contributed by atoms with Crippen molar-refractivity contribution in [2.75, 3.05) is 11.9 Å². The van der Waals surface area contributed by atoms with Crippen LogP contribution in [0, 0.1) is 0 Å². The van der Waals surface area contributed by atoms with E-state index in [1.54, 1.807) is 12.1 Å². The Morgan fingerprint density at radius 3 is 2.44 bits per heavy atom. The van der Waals surface area contributed by atoms with Gasteiger partial charge < -0.3 is 15.2 Å². The van der Waals surface area contributed by atoms with Gasteiger partial charge in [-0.25, -0.2) is 4.79 Å². The van der Waals surface area contributed by atoms with Gasteiger partial charge in [0.1, 0.15) is 11.3 Å². The number of ether oxygens (including phenoxy) is 1. The number of rotatable bonds is 5. The van der Waals surface area contributed by atoms with Gasteiger partial charge in [-0.1, -0.05) is 60.1 Å². The van der Waals surface area contributed by atoms with Crippen LogP contribution in [0.15, 0.2) is 72.8 Å². The maximum atomic E-state index is 12.2. The van der Waals surface area contributed by atoms with Crippen LogP contribution in [0.2, 0.25) is 5.02 Å². The van der Waals surface area contributed by atoms with Gasteiger partial charge in [0, 0.05) is 16.3 Å². The molecule has 0 bridgehead atoms. The summed E-state index contributed by atoms with van der Waals surface area (Å²) in [5.41, 5.74) is 2.31. The molecule has 0 saturated heterocycles. The van der Waals surface area contributed by atoms with Gasteiger partial charge in [0.2, 0.25) is 0 Å². The summed E-state index contributed by atoms with van der Waals surface area (Å²) >= 11 is 5.81. The number of hydrogen-bond donors (Lipinski definition) is 2. The van der Waals surface area contributed by atoms with Crippen LogP contribution in [0.3, 0.4) is 0 Å². The van der Waals surface area contributed by atoms with Crippen molar-refractivity contribution in [2.24, 2.45) is 0 Å². The number of aromatic hydroxyl groups is 1. The molecule has 5 nitrogen and oxygen atoms in total. The topological polar surface area (TPSA) is 75.6 Å². The molecule has 3 aromatic rings. The maximum absolute atomic E-state index is 12.2. The lowest BCUT2D eigenvalue weighted by atomic mass is 10.0. The number of benzene rings is 3.